The Morgan fingerprint density at radius 2 is 1.58 bits per heavy atom. The largest absolute Gasteiger partial charge is 0.496 e. The Balaban J connectivity index is 2.08. The fourth-order valence-corrected chi connectivity index (χ4v) is 3.76. The van der Waals surface area contributed by atoms with Crippen molar-refractivity contribution in [2.45, 2.75) is 6.04 Å². The predicted molar refractivity (Wildman–Crippen MR) is 112 cm³/mol. The van der Waals surface area contributed by atoms with Gasteiger partial charge < -0.3 is 19.9 Å². The van der Waals surface area contributed by atoms with Crippen molar-refractivity contribution >= 4 is 5.82 Å². The van der Waals surface area contributed by atoms with Crippen molar-refractivity contribution in [2.75, 3.05) is 21.3 Å². The Labute approximate surface area is 176 Å². The topological polar surface area (TPSA) is 126 Å². The van der Waals surface area contributed by atoms with Gasteiger partial charge in [-0.05, 0) is 12.1 Å². The summed E-state index contributed by atoms with van der Waals surface area (Å²) in [7, 11) is 4.37. The van der Waals surface area contributed by atoms with E-state index in [4.69, 9.17) is 19.9 Å². The number of nitrogens with zero attached hydrogens (tertiary/aromatic N) is 4. The highest BCUT2D eigenvalue weighted by atomic mass is 16.5. The minimum atomic E-state index is -1.04. The number of fused-ring (bicyclic) bond motifs is 1. The molecule has 0 fully saturated rings. The van der Waals surface area contributed by atoms with Gasteiger partial charge in [0.2, 0.25) is 0 Å². The van der Waals surface area contributed by atoms with E-state index in [0.717, 1.165) is 13.9 Å². The second kappa shape index (κ2) is 7.46. The number of aromatic nitrogens is 3. The van der Waals surface area contributed by atoms with Crippen molar-refractivity contribution in [1.82, 2.24) is 13.9 Å². The van der Waals surface area contributed by atoms with Crippen LogP contribution in [0.25, 0.3) is 11.5 Å². The normalized spacial score (nSPS) is 14.8. The lowest BCUT2D eigenvalue weighted by Crippen LogP contribution is -2.30. The molecule has 31 heavy (non-hydrogen) atoms. The molecular weight excluding hydrogens is 402 g/mol. The molecule has 0 amide bonds. The average Bonchev–Trinajstić information content (AvgIpc) is 3.24. The number of methoxy groups -OCH3 is 3. The molecule has 0 saturated heterocycles. The van der Waals surface area contributed by atoms with Gasteiger partial charge in [-0.2, -0.15) is 9.94 Å². The summed E-state index contributed by atoms with van der Waals surface area (Å²) < 4.78 is 19.4. The van der Waals surface area contributed by atoms with Crippen LogP contribution < -0.4 is 31.3 Å². The van der Waals surface area contributed by atoms with Crippen LogP contribution >= 0.6 is 0 Å². The number of benzene rings is 2. The Morgan fingerprint density at radius 3 is 2.10 bits per heavy atom. The summed E-state index contributed by atoms with van der Waals surface area (Å²) in [5.74, 6) is 0.936. The van der Waals surface area contributed by atoms with Crippen LogP contribution in [0.15, 0.2) is 57.6 Å². The van der Waals surface area contributed by atoms with E-state index >= 15 is 0 Å². The molecule has 2 heterocycles. The van der Waals surface area contributed by atoms with Crippen LogP contribution in [0.4, 0.5) is 0 Å². The molecule has 3 aromatic rings. The molecule has 4 rings (SSSR count). The maximum atomic E-state index is 13.4. The molecule has 158 valence electrons. The first kappa shape index (κ1) is 19.9. The number of para-hydroxylation sites is 1. The summed E-state index contributed by atoms with van der Waals surface area (Å²) in [6.07, 6.45) is 0. The van der Waals surface area contributed by atoms with E-state index in [1.807, 2.05) is 6.07 Å². The third-order valence-corrected chi connectivity index (χ3v) is 5.16. The maximum absolute atomic E-state index is 13.4. The third kappa shape index (κ3) is 2.78. The van der Waals surface area contributed by atoms with Gasteiger partial charge in [0.05, 0.1) is 32.6 Å². The van der Waals surface area contributed by atoms with Crippen molar-refractivity contribution < 1.29 is 14.2 Å². The smallest absolute Gasteiger partial charge is 0.358 e. The quantitative estimate of drug-likeness (QED) is 0.653. The molecule has 0 aliphatic carbocycles. The maximum Gasteiger partial charge on any atom is 0.358 e. The second-order valence-corrected chi connectivity index (χ2v) is 6.65. The molecule has 10 nitrogen and oxygen atoms in total. The summed E-state index contributed by atoms with van der Waals surface area (Å²) in [4.78, 5) is 26.5. The number of rotatable bonds is 5. The molecule has 1 aromatic heterocycles. The summed E-state index contributed by atoms with van der Waals surface area (Å²) in [6.45, 7) is 0. The highest BCUT2D eigenvalue weighted by Gasteiger charge is 2.40. The van der Waals surface area contributed by atoms with E-state index < -0.39 is 17.4 Å². The zero-order chi connectivity index (χ0) is 22.3. The van der Waals surface area contributed by atoms with Gasteiger partial charge in [0.1, 0.15) is 40.8 Å². The molecule has 1 aliphatic rings. The Hall–Kier alpha value is -4.39. The van der Waals surface area contributed by atoms with E-state index in [1.165, 1.54) is 21.3 Å². The van der Waals surface area contributed by atoms with Gasteiger partial charge in [-0.3, -0.25) is 0 Å². The van der Waals surface area contributed by atoms with Crippen molar-refractivity contribution in [3.63, 3.8) is 0 Å². The van der Waals surface area contributed by atoms with Crippen LogP contribution in [0, 0.1) is 11.3 Å². The minimum absolute atomic E-state index is 0.0242. The first-order valence-electron chi connectivity index (χ1n) is 9.20. The number of hydrogen-bond donors (Lipinski definition) is 1. The molecule has 0 bridgehead atoms. The summed E-state index contributed by atoms with van der Waals surface area (Å²) in [5.41, 5.74) is 5.60. The summed E-state index contributed by atoms with van der Waals surface area (Å²) >= 11 is 0. The first-order valence-corrected chi connectivity index (χ1v) is 9.20. The minimum Gasteiger partial charge on any atom is -0.496 e. The van der Waals surface area contributed by atoms with Crippen molar-refractivity contribution in [1.29, 1.82) is 5.26 Å². The number of ether oxygens (including phenoxy) is 3. The molecule has 1 aliphatic heterocycles. The fraction of sp³-hybridized carbons (Fsp3) is 0.190. The van der Waals surface area contributed by atoms with Crippen molar-refractivity contribution in [3.8, 4) is 29.0 Å². The molecule has 2 aromatic carbocycles. The zero-order valence-corrected chi connectivity index (χ0v) is 17.0. The highest BCUT2D eigenvalue weighted by Crippen LogP contribution is 2.44. The lowest BCUT2D eigenvalue weighted by Gasteiger charge is -2.20. The summed E-state index contributed by atoms with van der Waals surface area (Å²) in [5, 5.41) is 9.82. The molecule has 10 heteroatoms. The summed E-state index contributed by atoms with van der Waals surface area (Å²) in [6, 6.07) is 12.6. The molecule has 0 saturated carbocycles. The van der Waals surface area contributed by atoms with E-state index in [1.54, 1.807) is 42.5 Å². The lowest BCUT2D eigenvalue weighted by molar-refractivity contribution is 0.361. The van der Waals surface area contributed by atoms with Gasteiger partial charge in [0, 0.05) is 12.1 Å². The standard InChI is InChI=1S/C21H19N5O5/c1-29-13-9-15(30-2)17(16(10-13)31-3)18-14(11-22)19(23)26-21(28)24(20(27)25(18)26)12-7-5-4-6-8-12/h4-10,18H,23H2,1-3H3. The molecular formula is C21H19N5O5. The van der Waals surface area contributed by atoms with Crippen LogP contribution in [0.5, 0.6) is 17.2 Å². The molecule has 0 radical (unpaired) electrons. The van der Waals surface area contributed by atoms with Crippen LogP contribution in [0.3, 0.4) is 0 Å². The average molecular weight is 421 g/mol. The highest BCUT2D eigenvalue weighted by molar-refractivity contribution is 5.65. The second-order valence-electron chi connectivity index (χ2n) is 6.65. The fourth-order valence-electron chi connectivity index (χ4n) is 3.76. The van der Waals surface area contributed by atoms with E-state index in [9.17, 15) is 14.9 Å². The van der Waals surface area contributed by atoms with Gasteiger partial charge in [-0.15, -0.1) is 0 Å². The van der Waals surface area contributed by atoms with E-state index in [2.05, 4.69) is 0 Å². The van der Waals surface area contributed by atoms with Gasteiger partial charge in [-0.1, -0.05) is 18.2 Å². The van der Waals surface area contributed by atoms with Crippen LogP contribution in [0.1, 0.15) is 11.6 Å². The number of nitriles is 1. The van der Waals surface area contributed by atoms with Gasteiger partial charge in [0.25, 0.3) is 0 Å². The predicted octanol–water partition coefficient (Wildman–Crippen LogP) is 1.08. The molecule has 0 spiro atoms. The zero-order valence-electron chi connectivity index (χ0n) is 17.0. The first-order chi connectivity index (χ1) is 15.0. The van der Waals surface area contributed by atoms with Crippen LogP contribution in [-0.2, 0) is 0 Å². The number of nitrogens with two attached hydrogens (primary N) is 1. The van der Waals surface area contributed by atoms with E-state index in [0.29, 0.717) is 28.5 Å². The van der Waals surface area contributed by atoms with E-state index in [-0.39, 0.29) is 11.4 Å². The Kier molecular flexibility index (Phi) is 4.79. The van der Waals surface area contributed by atoms with Crippen molar-refractivity contribution in [2.24, 2.45) is 5.73 Å². The van der Waals surface area contributed by atoms with Crippen molar-refractivity contribution in [3.05, 3.63) is 74.6 Å². The van der Waals surface area contributed by atoms with Gasteiger partial charge in [-0.25, -0.2) is 18.8 Å². The number of allylic oxidation sites excluding steroid dienone is 1. The monoisotopic (exact) mass is 421 g/mol. The van der Waals surface area contributed by atoms with Crippen LogP contribution in [0.2, 0.25) is 0 Å². The Bertz CT molecular complexity index is 1330. The van der Waals surface area contributed by atoms with Crippen LogP contribution in [-0.4, -0.2) is 35.3 Å². The molecule has 1 unspecified atom stereocenters. The molecule has 1 atom stereocenters. The molecule has 2 N–H and O–H groups in total. The SMILES string of the molecule is COc1cc(OC)c(C2C(C#N)=C(N)n3c(=O)n(-c4ccccc4)c(=O)n32)c(OC)c1. The Morgan fingerprint density at radius 1 is 0.968 bits per heavy atom. The lowest BCUT2D eigenvalue weighted by atomic mass is 9.98. The third-order valence-electron chi connectivity index (χ3n) is 5.16. The van der Waals surface area contributed by atoms with Gasteiger partial charge >= 0.3 is 11.4 Å². The van der Waals surface area contributed by atoms with Gasteiger partial charge in [0.15, 0.2) is 0 Å². The number of hydrogen-bond acceptors (Lipinski definition) is 7.